The first-order valence-corrected chi connectivity index (χ1v) is 5.73. The number of aliphatic hydroxyl groups is 1. The summed E-state index contributed by atoms with van der Waals surface area (Å²) in [4.78, 5) is 1.08. The third kappa shape index (κ3) is 2.63. The fourth-order valence-corrected chi connectivity index (χ4v) is 1.97. The standard InChI is InChI=1S/C10H13ClOS/c1-7(6-12)8-3-4-10(13-2)9(11)5-8/h3-5,7,12H,6H2,1-2H3. The summed E-state index contributed by atoms with van der Waals surface area (Å²) in [6.07, 6.45) is 2.00. The first-order valence-electron chi connectivity index (χ1n) is 4.13. The minimum absolute atomic E-state index is 0.161. The van der Waals surface area contributed by atoms with Crippen LogP contribution in [0.3, 0.4) is 0 Å². The van der Waals surface area contributed by atoms with Crippen LogP contribution < -0.4 is 0 Å². The summed E-state index contributed by atoms with van der Waals surface area (Å²) in [5, 5.41) is 9.73. The molecule has 0 fully saturated rings. The van der Waals surface area contributed by atoms with Crippen LogP contribution in [-0.4, -0.2) is 18.0 Å². The van der Waals surface area contributed by atoms with Crippen LogP contribution in [0.2, 0.25) is 5.02 Å². The van der Waals surface area contributed by atoms with Gasteiger partial charge in [-0.05, 0) is 24.0 Å². The molecule has 1 rings (SSSR count). The first-order chi connectivity index (χ1) is 6.19. The molecule has 0 bridgehead atoms. The van der Waals surface area contributed by atoms with E-state index in [0.29, 0.717) is 0 Å². The van der Waals surface area contributed by atoms with E-state index in [2.05, 4.69) is 0 Å². The van der Waals surface area contributed by atoms with Crippen molar-refractivity contribution in [3.8, 4) is 0 Å². The van der Waals surface area contributed by atoms with Crippen LogP contribution in [0.1, 0.15) is 18.4 Å². The quantitative estimate of drug-likeness (QED) is 0.784. The van der Waals surface area contributed by atoms with E-state index >= 15 is 0 Å². The molecular formula is C10H13ClOS. The number of hydrogen-bond acceptors (Lipinski definition) is 2. The van der Waals surface area contributed by atoms with Gasteiger partial charge in [-0.1, -0.05) is 24.6 Å². The Morgan fingerprint density at radius 2 is 2.23 bits per heavy atom. The minimum Gasteiger partial charge on any atom is -0.396 e. The Bertz CT molecular complexity index is 288. The lowest BCUT2D eigenvalue weighted by atomic mass is 10.0. The summed E-state index contributed by atoms with van der Waals surface area (Å²) in [5.41, 5.74) is 1.09. The van der Waals surface area contributed by atoms with Gasteiger partial charge in [0.15, 0.2) is 0 Å². The van der Waals surface area contributed by atoms with Gasteiger partial charge < -0.3 is 5.11 Å². The van der Waals surface area contributed by atoms with Crippen LogP contribution in [-0.2, 0) is 0 Å². The Labute approximate surface area is 88.1 Å². The van der Waals surface area contributed by atoms with Gasteiger partial charge in [-0.3, -0.25) is 0 Å². The molecule has 0 aliphatic rings. The highest BCUT2D eigenvalue weighted by Gasteiger charge is 2.06. The molecule has 0 spiro atoms. The van der Waals surface area contributed by atoms with Gasteiger partial charge in [-0.2, -0.15) is 0 Å². The molecule has 0 heterocycles. The molecule has 1 unspecified atom stereocenters. The lowest BCUT2D eigenvalue weighted by molar-refractivity contribution is 0.273. The van der Waals surface area contributed by atoms with E-state index in [0.717, 1.165) is 15.5 Å². The zero-order valence-corrected chi connectivity index (χ0v) is 9.32. The highest BCUT2D eigenvalue weighted by molar-refractivity contribution is 7.98. The van der Waals surface area contributed by atoms with Gasteiger partial charge in [0, 0.05) is 17.4 Å². The van der Waals surface area contributed by atoms with Gasteiger partial charge in [0.2, 0.25) is 0 Å². The second-order valence-corrected chi connectivity index (χ2v) is 4.23. The summed E-state index contributed by atoms with van der Waals surface area (Å²) in [7, 11) is 0. The lowest BCUT2D eigenvalue weighted by Crippen LogP contribution is -1.98. The van der Waals surface area contributed by atoms with Crippen LogP contribution >= 0.6 is 23.4 Å². The van der Waals surface area contributed by atoms with Crippen molar-refractivity contribution in [3.63, 3.8) is 0 Å². The molecule has 72 valence electrons. The predicted octanol–water partition coefficient (Wildman–Crippen LogP) is 3.16. The minimum atomic E-state index is 0.161. The van der Waals surface area contributed by atoms with E-state index in [4.69, 9.17) is 16.7 Å². The van der Waals surface area contributed by atoms with Gasteiger partial charge in [0.25, 0.3) is 0 Å². The van der Waals surface area contributed by atoms with E-state index in [1.807, 2.05) is 31.4 Å². The molecular weight excluding hydrogens is 204 g/mol. The van der Waals surface area contributed by atoms with Crippen molar-refractivity contribution in [1.82, 2.24) is 0 Å². The normalized spacial score (nSPS) is 12.9. The van der Waals surface area contributed by atoms with Crippen molar-refractivity contribution in [2.75, 3.05) is 12.9 Å². The third-order valence-electron chi connectivity index (χ3n) is 2.02. The zero-order valence-electron chi connectivity index (χ0n) is 7.75. The van der Waals surface area contributed by atoms with Crippen molar-refractivity contribution in [3.05, 3.63) is 28.8 Å². The molecule has 1 aromatic carbocycles. The monoisotopic (exact) mass is 216 g/mol. The molecule has 13 heavy (non-hydrogen) atoms. The van der Waals surface area contributed by atoms with Crippen LogP contribution in [0, 0.1) is 0 Å². The summed E-state index contributed by atoms with van der Waals surface area (Å²) in [5.74, 6) is 0.161. The molecule has 0 aliphatic carbocycles. The molecule has 0 radical (unpaired) electrons. The van der Waals surface area contributed by atoms with Crippen molar-refractivity contribution in [2.45, 2.75) is 17.7 Å². The summed E-state index contributed by atoms with van der Waals surface area (Å²) in [6, 6.07) is 5.93. The predicted molar refractivity (Wildman–Crippen MR) is 58.7 cm³/mol. The smallest absolute Gasteiger partial charge is 0.0544 e. The van der Waals surface area contributed by atoms with E-state index in [-0.39, 0.29) is 12.5 Å². The zero-order chi connectivity index (χ0) is 9.84. The Hall–Kier alpha value is -0.180. The molecule has 0 aromatic heterocycles. The summed E-state index contributed by atoms with van der Waals surface area (Å²) < 4.78 is 0. The molecule has 0 amide bonds. The van der Waals surface area contributed by atoms with Crippen molar-refractivity contribution < 1.29 is 5.11 Å². The van der Waals surface area contributed by atoms with Gasteiger partial charge >= 0.3 is 0 Å². The van der Waals surface area contributed by atoms with Gasteiger partial charge in [0.1, 0.15) is 0 Å². The molecule has 1 nitrogen and oxygen atoms in total. The molecule has 1 atom stereocenters. The van der Waals surface area contributed by atoms with Crippen LogP contribution in [0.4, 0.5) is 0 Å². The maximum atomic E-state index is 8.96. The number of hydrogen-bond donors (Lipinski definition) is 1. The van der Waals surface area contributed by atoms with Crippen LogP contribution in [0.25, 0.3) is 0 Å². The van der Waals surface area contributed by atoms with E-state index < -0.39 is 0 Å². The fraction of sp³-hybridized carbons (Fsp3) is 0.400. The van der Waals surface area contributed by atoms with Crippen molar-refractivity contribution >= 4 is 23.4 Å². The molecule has 1 N–H and O–H groups in total. The Morgan fingerprint density at radius 3 is 2.69 bits per heavy atom. The van der Waals surface area contributed by atoms with Gasteiger partial charge in [-0.25, -0.2) is 0 Å². The highest BCUT2D eigenvalue weighted by Crippen LogP contribution is 2.28. The Balaban J connectivity index is 2.95. The summed E-state index contributed by atoms with van der Waals surface area (Å²) in [6.45, 7) is 2.14. The van der Waals surface area contributed by atoms with E-state index in [9.17, 15) is 0 Å². The van der Waals surface area contributed by atoms with Gasteiger partial charge in [0.05, 0.1) is 5.02 Å². The second kappa shape index (κ2) is 4.89. The number of rotatable bonds is 3. The molecule has 0 saturated heterocycles. The molecule has 1 aromatic rings. The third-order valence-corrected chi connectivity index (χ3v) is 3.24. The average molecular weight is 217 g/mol. The Kier molecular flexibility index (Phi) is 4.10. The van der Waals surface area contributed by atoms with Crippen LogP contribution in [0.15, 0.2) is 23.1 Å². The number of aliphatic hydroxyl groups excluding tert-OH is 1. The SMILES string of the molecule is CSc1ccc(C(C)CO)cc1Cl. The second-order valence-electron chi connectivity index (χ2n) is 2.98. The molecule has 3 heteroatoms. The largest absolute Gasteiger partial charge is 0.396 e. The fourth-order valence-electron chi connectivity index (χ4n) is 1.09. The molecule has 0 saturated carbocycles. The van der Waals surface area contributed by atoms with Gasteiger partial charge in [-0.15, -0.1) is 11.8 Å². The summed E-state index contributed by atoms with van der Waals surface area (Å²) >= 11 is 7.66. The van der Waals surface area contributed by atoms with E-state index in [1.165, 1.54) is 0 Å². The van der Waals surface area contributed by atoms with E-state index in [1.54, 1.807) is 11.8 Å². The lowest BCUT2D eigenvalue weighted by Gasteiger charge is -2.09. The molecule has 0 aliphatic heterocycles. The topological polar surface area (TPSA) is 20.2 Å². The average Bonchev–Trinajstić information content (AvgIpc) is 2.16. The van der Waals surface area contributed by atoms with Crippen molar-refractivity contribution in [2.24, 2.45) is 0 Å². The number of halogens is 1. The highest BCUT2D eigenvalue weighted by atomic mass is 35.5. The number of benzene rings is 1. The van der Waals surface area contributed by atoms with Crippen molar-refractivity contribution in [1.29, 1.82) is 0 Å². The number of thioether (sulfide) groups is 1. The maximum absolute atomic E-state index is 8.96. The Morgan fingerprint density at radius 1 is 1.54 bits per heavy atom. The van der Waals surface area contributed by atoms with Crippen LogP contribution in [0.5, 0.6) is 0 Å². The first kappa shape index (κ1) is 10.9. The maximum Gasteiger partial charge on any atom is 0.0544 e.